The molecule has 0 aliphatic carbocycles. The Bertz CT molecular complexity index is 1350. The zero-order valence-electron chi connectivity index (χ0n) is 22.5. The third-order valence-corrected chi connectivity index (χ3v) is 8.19. The van der Waals surface area contributed by atoms with Crippen molar-refractivity contribution in [3.8, 4) is 5.75 Å². The molecule has 0 radical (unpaired) electrons. The van der Waals surface area contributed by atoms with E-state index >= 15 is 0 Å². The van der Waals surface area contributed by atoms with Crippen molar-refractivity contribution in [2.24, 2.45) is 0 Å². The molecule has 0 unspecified atom stereocenters. The number of ether oxygens (including phenoxy) is 1. The first-order valence-corrected chi connectivity index (χ1v) is 14.1. The summed E-state index contributed by atoms with van der Waals surface area (Å²) < 4.78 is 47.2. The highest BCUT2D eigenvalue weighted by Crippen LogP contribution is 2.25. The first-order chi connectivity index (χ1) is 18.6. The van der Waals surface area contributed by atoms with E-state index in [1.54, 1.807) is 56.5 Å². The lowest BCUT2D eigenvalue weighted by atomic mass is 10.1. The molecule has 39 heavy (non-hydrogen) atoms. The number of amides is 2. The van der Waals surface area contributed by atoms with Crippen molar-refractivity contribution >= 4 is 27.5 Å². The normalized spacial score (nSPS) is 12.7. The van der Waals surface area contributed by atoms with Crippen LogP contribution in [0.4, 0.5) is 10.1 Å². The Morgan fingerprint density at radius 2 is 1.56 bits per heavy atom. The fraction of sp³-hybridized carbons (Fsp3) is 0.310. The number of halogens is 1. The van der Waals surface area contributed by atoms with Crippen LogP contribution in [0.5, 0.6) is 5.75 Å². The standard InChI is InChI=1S/C29H34FN3O5S/c1-5-21(2)31-29(35)22(3)32(19-23-11-17-26(38-4)18-12-23)28(34)20-33(25-15-13-24(30)14-16-25)39(36,37)27-9-7-6-8-10-27/h6-18,21-22H,5,19-20H2,1-4H3,(H,31,35)/t21-,22-/m1/s1. The first kappa shape index (κ1) is 29.6. The van der Waals surface area contributed by atoms with E-state index in [0.29, 0.717) is 12.2 Å². The number of benzene rings is 3. The molecular weight excluding hydrogens is 521 g/mol. The molecule has 0 aromatic heterocycles. The number of rotatable bonds is 12. The number of hydrogen-bond donors (Lipinski definition) is 1. The topological polar surface area (TPSA) is 96.0 Å². The van der Waals surface area contributed by atoms with Crippen LogP contribution in [0.1, 0.15) is 32.8 Å². The molecule has 0 bridgehead atoms. The molecule has 10 heteroatoms. The quantitative estimate of drug-likeness (QED) is 0.358. The van der Waals surface area contributed by atoms with Gasteiger partial charge in [-0.05, 0) is 74.4 Å². The van der Waals surface area contributed by atoms with Crippen LogP contribution < -0.4 is 14.4 Å². The van der Waals surface area contributed by atoms with Gasteiger partial charge < -0.3 is 15.0 Å². The summed E-state index contributed by atoms with van der Waals surface area (Å²) in [6.07, 6.45) is 0.707. The largest absolute Gasteiger partial charge is 0.497 e. The number of carbonyl (C=O) groups is 2. The van der Waals surface area contributed by atoms with Gasteiger partial charge in [-0.2, -0.15) is 0 Å². The molecule has 0 aliphatic heterocycles. The van der Waals surface area contributed by atoms with Crippen LogP contribution in [0.25, 0.3) is 0 Å². The predicted octanol–water partition coefficient (Wildman–Crippen LogP) is 4.36. The molecule has 3 rings (SSSR count). The summed E-state index contributed by atoms with van der Waals surface area (Å²) in [6.45, 7) is 4.86. The van der Waals surface area contributed by atoms with Crippen molar-refractivity contribution in [1.29, 1.82) is 0 Å². The monoisotopic (exact) mass is 555 g/mol. The van der Waals surface area contributed by atoms with Crippen LogP contribution in [0.3, 0.4) is 0 Å². The van der Waals surface area contributed by atoms with Crippen molar-refractivity contribution < 1.29 is 27.1 Å². The van der Waals surface area contributed by atoms with Crippen molar-refractivity contribution in [2.75, 3.05) is 18.0 Å². The smallest absolute Gasteiger partial charge is 0.264 e. The van der Waals surface area contributed by atoms with Gasteiger partial charge in [0.2, 0.25) is 11.8 Å². The van der Waals surface area contributed by atoms with Crippen LogP contribution in [0.15, 0.2) is 83.8 Å². The van der Waals surface area contributed by atoms with Crippen LogP contribution in [0, 0.1) is 5.82 Å². The zero-order chi connectivity index (χ0) is 28.6. The maximum Gasteiger partial charge on any atom is 0.264 e. The average molecular weight is 556 g/mol. The summed E-state index contributed by atoms with van der Waals surface area (Å²) in [6, 6.07) is 18.6. The molecule has 0 aliphatic rings. The molecule has 3 aromatic rings. The highest BCUT2D eigenvalue weighted by atomic mass is 32.2. The Morgan fingerprint density at radius 3 is 2.13 bits per heavy atom. The molecule has 0 fully saturated rings. The van der Waals surface area contributed by atoms with Gasteiger partial charge in [0.15, 0.2) is 0 Å². The van der Waals surface area contributed by atoms with Gasteiger partial charge in [-0.3, -0.25) is 13.9 Å². The van der Waals surface area contributed by atoms with Crippen LogP contribution >= 0.6 is 0 Å². The number of nitrogens with zero attached hydrogens (tertiary/aromatic N) is 2. The summed E-state index contributed by atoms with van der Waals surface area (Å²) in [5.41, 5.74) is 0.848. The fourth-order valence-corrected chi connectivity index (χ4v) is 5.27. The van der Waals surface area contributed by atoms with E-state index < -0.39 is 34.3 Å². The summed E-state index contributed by atoms with van der Waals surface area (Å²) in [5.74, 6) is -0.860. The Hall–Kier alpha value is -3.92. The molecule has 0 saturated carbocycles. The van der Waals surface area contributed by atoms with E-state index in [1.807, 2.05) is 13.8 Å². The van der Waals surface area contributed by atoms with E-state index in [-0.39, 0.29) is 29.1 Å². The second-order valence-electron chi connectivity index (χ2n) is 9.16. The molecule has 0 heterocycles. The number of methoxy groups -OCH3 is 1. The average Bonchev–Trinajstić information content (AvgIpc) is 2.95. The highest BCUT2D eigenvalue weighted by molar-refractivity contribution is 7.92. The van der Waals surface area contributed by atoms with Crippen molar-refractivity contribution in [3.63, 3.8) is 0 Å². The minimum atomic E-state index is -4.20. The Kier molecular flexibility index (Phi) is 10.1. The number of carbonyl (C=O) groups excluding carboxylic acids is 2. The maximum absolute atomic E-state index is 13.8. The van der Waals surface area contributed by atoms with E-state index in [0.717, 1.165) is 22.0 Å². The van der Waals surface area contributed by atoms with Gasteiger partial charge in [0, 0.05) is 12.6 Å². The van der Waals surface area contributed by atoms with Gasteiger partial charge in [0.05, 0.1) is 17.7 Å². The van der Waals surface area contributed by atoms with Crippen LogP contribution in [-0.4, -0.2) is 50.9 Å². The summed E-state index contributed by atoms with van der Waals surface area (Å²) in [4.78, 5) is 28.2. The predicted molar refractivity (Wildman–Crippen MR) is 148 cm³/mol. The van der Waals surface area contributed by atoms with Crippen molar-refractivity contribution in [1.82, 2.24) is 10.2 Å². The molecule has 0 saturated heterocycles. The molecule has 3 aromatic carbocycles. The lowest BCUT2D eigenvalue weighted by Gasteiger charge is -2.32. The summed E-state index contributed by atoms with van der Waals surface area (Å²) >= 11 is 0. The summed E-state index contributed by atoms with van der Waals surface area (Å²) in [7, 11) is -2.66. The van der Waals surface area contributed by atoms with E-state index in [2.05, 4.69) is 5.32 Å². The minimum Gasteiger partial charge on any atom is -0.497 e. The number of anilines is 1. The lowest BCUT2D eigenvalue weighted by Crippen LogP contribution is -2.52. The van der Waals surface area contributed by atoms with Gasteiger partial charge in [-0.15, -0.1) is 0 Å². The molecular formula is C29H34FN3O5S. The molecule has 8 nitrogen and oxygen atoms in total. The third kappa shape index (κ3) is 7.57. The second-order valence-corrected chi connectivity index (χ2v) is 11.0. The molecule has 2 atom stereocenters. The van der Waals surface area contributed by atoms with Crippen LogP contribution in [0.2, 0.25) is 0 Å². The Morgan fingerprint density at radius 1 is 0.949 bits per heavy atom. The molecule has 0 spiro atoms. The summed E-state index contributed by atoms with van der Waals surface area (Å²) in [5, 5.41) is 2.89. The van der Waals surface area contributed by atoms with Gasteiger partial charge in [0.1, 0.15) is 24.2 Å². The number of hydrogen-bond acceptors (Lipinski definition) is 5. The van der Waals surface area contributed by atoms with E-state index in [4.69, 9.17) is 4.74 Å². The molecule has 2 amide bonds. The Labute approximate surface area is 229 Å². The Balaban J connectivity index is 2.00. The number of sulfonamides is 1. The van der Waals surface area contributed by atoms with E-state index in [9.17, 15) is 22.4 Å². The van der Waals surface area contributed by atoms with Gasteiger partial charge in [0.25, 0.3) is 10.0 Å². The number of nitrogens with one attached hydrogen (secondary N) is 1. The first-order valence-electron chi connectivity index (χ1n) is 12.6. The highest BCUT2D eigenvalue weighted by Gasteiger charge is 2.32. The maximum atomic E-state index is 13.8. The minimum absolute atomic E-state index is 0.0219. The van der Waals surface area contributed by atoms with E-state index in [1.165, 1.54) is 29.2 Å². The fourth-order valence-electron chi connectivity index (χ4n) is 3.83. The van der Waals surface area contributed by atoms with Gasteiger partial charge in [-0.1, -0.05) is 37.3 Å². The van der Waals surface area contributed by atoms with Gasteiger partial charge in [-0.25, -0.2) is 12.8 Å². The molecule has 208 valence electrons. The van der Waals surface area contributed by atoms with Crippen molar-refractivity contribution in [3.05, 3.63) is 90.2 Å². The lowest BCUT2D eigenvalue weighted by molar-refractivity contribution is -0.139. The van der Waals surface area contributed by atoms with Gasteiger partial charge >= 0.3 is 0 Å². The zero-order valence-corrected chi connectivity index (χ0v) is 23.3. The van der Waals surface area contributed by atoms with Crippen molar-refractivity contribution in [2.45, 2.75) is 50.7 Å². The third-order valence-electron chi connectivity index (χ3n) is 6.40. The molecule has 1 N–H and O–H groups in total. The SMILES string of the molecule is CC[C@@H](C)NC(=O)[C@@H](C)N(Cc1ccc(OC)cc1)C(=O)CN(c1ccc(F)cc1)S(=O)(=O)c1ccccc1. The second kappa shape index (κ2) is 13.2. The van der Waals surface area contributed by atoms with Crippen LogP contribution in [-0.2, 0) is 26.2 Å².